The molecule has 0 saturated carbocycles. The summed E-state index contributed by atoms with van der Waals surface area (Å²) in [5, 5.41) is -0.369. The molecule has 8 heteroatoms. The summed E-state index contributed by atoms with van der Waals surface area (Å²) in [7, 11) is -3.74. The summed E-state index contributed by atoms with van der Waals surface area (Å²) in [6, 6.07) is 10.4. The molecule has 0 radical (unpaired) electrons. The minimum Gasteiger partial charge on any atom is -0.319 e. The lowest BCUT2D eigenvalue weighted by Crippen LogP contribution is -2.24. The number of nitrogens with zero attached hydrogens (tertiary/aromatic N) is 3. The van der Waals surface area contributed by atoms with E-state index in [0.29, 0.717) is 28.9 Å². The van der Waals surface area contributed by atoms with Crippen LogP contribution in [0.3, 0.4) is 0 Å². The summed E-state index contributed by atoms with van der Waals surface area (Å²) >= 11 is 0. The van der Waals surface area contributed by atoms with Crippen molar-refractivity contribution < 1.29 is 17.2 Å². The molecule has 0 bridgehead atoms. The molecule has 0 saturated heterocycles. The van der Waals surface area contributed by atoms with E-state index in [1.165, 1.54) is 18.2 Å². The van der Waals surface area contributed by atoms with Gasteiger partial charge in [0.1, 0.15) is 17.5 Å². The molecular weight excluding hydrogens is 396 g/mol. The first kappa shape index (κ1) is 19.2. The topological polar surface area (TPSA) is 63.2 Å². The van der Waals surface area contributed by atoms with Gasteiger partial charge in [-0.3, -0.25) is 0 Å². The van der Waals surface area contributed by atoms with E-state index in [0.717, 1.165) is 6.26 Å². The Morgan fingerprint density at radius 3 is 2.52 bits per heavy atom. The van der Waals surface area contributed by atoms with Crippen molar-refractivity contribution in [2.24, 2.45) is 0 Å². The molecule has 2 heterocycles. The number of benzene rings is 2. The normalized spacial score (nSPS) is 13.4. The highest BCUT2D eigenvalue weighted by molar-refractivity contribution is 7.90. The van der Waals surface area contributed by atoms with Gasteiger partial charge >= 0.3 is 0 Å². The van der Waals surface area contributed by atoms with E-state index in [9.17, 15) is 17.2 Å². The van der Waals surface area contributed by atoms with Gasteiger partial charge < -0.3 is 4.90 Å². The molecule has 4 rings (SSSR count). The molecular formula is C21H17F2N3O2S. The summed E-state index contributed by atoms with van der Waals surface area (Å²) < 4.78 is 52.6. The zero-order chi connectivity index (χ0) is 20.8. The minimum atomic E-state index is -3.74. The quantitative estimate of drug-likeness (QED) is 0.599. The maximum Gasteiger partial charge on any atom is 0.249 e. The average molecular weight is 413 g/mol. The maximum atomic E-state index is 14.5. The van der Waals surface area contributed by atoms with E-state index in [4.69, 9.17) is 0 Å². The third-order valence-corrected chi connectivity index (χ3v) is 5.50. The van der Waals surface area contributed by atoms with Crippen molar-refractivity contribution in [2.75, 3.05) is 17.7 Å². The third kappa shape index (κ3) is 3.51. The summed E-state index contributed by atoms with van der Waals surface area (Å²) in [5.41, 5.74) is 2.35. The number of para-hydroxylation sites is 1. The lowest BCUT2D eigenvalue weighted by Gasteiger charge is -2.28. The highest BCUT2D eigenvalue weighted by Crippen LogP contribution is 2.38. The number of aryl methyl sites for hydroxylation is 1. The van der Waals surface area contributed by atoms with E-state index in [1.54, 1.807) is 42.2 Å². The number of rotatable bonds is 3. The van der Waals surface area contributed by atoms with Crippen LogP contribution in [0.5, 0.6) is 0 Å². The standard InChI is InChI=1S/C21H17F2N3O2S/c1-13-12-14(22)9-10-15(13)19-16-6-5-11-26(18-8-4-3-7-17(18)23)20(16)25-21(24-19)29(2,27)28/h3-10,12H,11H2,1-2H3. The summed E-state index contributed by atoms with van der Waals surface area (Å²) in [4.78, 5) is 10.1. The Labute approximate surface area is 167 Å². The van der Waals surface area contributed by atoms with E-state index in [1.807, 2.05) is 6.08 Å². The van der Waals surface area contributed by atoms with E-state index >= 15 is 0 Å². The van der Waals surface area contributed by atoms with Crippen molar-refractivity contribution in [3.8, 4) is 11.3 Å². The van der Waals surface area contributed by atoms with Gasteiger partial charge in [0, 0.05) is 23.9 Å². The molecule has 0 N–H and O–H groups in total. The van der Waals surface area contributed by atoms with Crippen LogP contribution in [0.2, 0.25) is 0 Å². The Morgan fingerprint density at radius 1 is 1.07 bits per heavy atom. The molecule has 0 amide bonds. The smallest absolute Gasteiger partial charge is 0.249 e. The van der Waals surface area contributed by atoms with Crippen molar-refractivity contribution >= 4 is 27.4 Å². The van der Waals surface area contributed by atoms with Gasteiger partial charge in [-0.1, -0.05) is 24.3 Å². The van der Waals surface area contributed by atoms with Gasteiger partial charge in [-0.05, 0) is 42.8 Å². The Kier molecular flexibility index (Phi) is 4.66. The first-order valence-electron chi connectivity index (χ1n) is 8.83. The van der Waals surface area contributed by atoms with Gasteiger partial charge in [0.2, 0.25) is 15.0 Å². The zero-order valence-corrected chi connectivity index (χ0v) is 16.5. The van der Waals surface area contributed by atoms with Crippen LogP contribution in [-0.2, 0) is 9.84 Å². The fourth-order valence-corrected chi connectivity index (χ4v) is 3.82. The van der Waals surface area contributed by atoms with Gasteiger partial charge in [-0.2, -0.15) is 4.98 Å². The van der Waals surface area contributed by atoms with Crippen LogP contribution in [0, 0.1) is 18.6 Å². The number of halogens is 2. The molecule has 3 aromatic rings. The SMILES string of the molecule is Cc1cc(F)ccc1-c1nc(S(C)(=O)=O)nc2c1C=CCN2c1ccccc1F. The van der Waals surface area contributed by atoms with Gasteiger partial charge in [0.15, 0.2) is 0 Å². The second-order valence-corrected chi connectivity index (χ2v) is 8.70. The second kappa shape index (κ2) is 7.04. The number of sulfone groups is 1. The molecule has 148 valence electrons. The monoisotopic (exact) mass is 413 g/mol. The van der Waals surface area contributed by atoms with Crippen molar-refractivity contribution in [3.05, 3.63) is 71.3 Å². The molecule has 0 aliphatic carbocycles. The Balaban J connectivity index is 2.03. The molecule has 0 fully saturated rings. The Morgan fingerprint density at radius 2 is 1.83 bits per heavy atom. The molecule has 1 aliphatic heterocycles. The summed E-state index contributed by atoms with van der Waals surface area (Å²) in [6.45, 7) is 2.03. The average Bonchev–Trinajstić information content (AvgIpc) is 2.67. The van der Waals surface area contributed by atoms with Gasteiger partial charge in [-0.25, -0.2) is 22.2 Å². The van der Waals surface area contributed by atoms with Gasteiger partial charge in [0.05, 0.1) is 11.4 Å². The second-order valence-electron chi connectivity index (χ2n) is 6.79. The number of fused-ring (bicyclic) bond motifs is 1. The Bertz CT molecular complexity index is 1260. The molecule has 5 nitrogen and oxygen atoms in total. The van der Waals surface area contributed by atoms with E-state index in [-0.39, 0.29) is 16.7 Å². The molecule has 0 unspecified atom stereocenters. The van der Waals surface area contributed by atoms with Crippen molar-refractivity contribution in [3.63, 3.8) is 0 Å². The largest absolute Gasteiger partial charge is 0.319 e. The molecule has 29 heavy (non-hydrogen) atoms. The Hall–Kier alpha value is -3.13. The van der Waals surface area contributed by atoms with Crippen LogP contribution in [0.25, 0.3) is 17.3 Å². The molecule has 1 aromatic heterocycles. The molecule has 2 aromatic carbocycles. The molecule has 0 spiro atoms. The fraction of sp³-hybridized carbons (Fsp3) is 0.143. The fourth-order valence-electron chi connectivity index (χ4n) is 3.31. The van der Waals surface area contributed by atoms with Crippen LogP contribution in [-0.4, -0.2) is 31.2 Å². The van der Waals surface area contributed by atoms with Crippen LogP contribution >= 0.6 is 0 Å². The van der Waals surface area contributed by atoms with Crippen LogP contribution in [0.4, 0.5) is 20.3 Å². The van der Waals surface area contributed by atoms with E-state index < -0.39 is 21.5 Å². The van der Waals surface area contributed by atoms with Crippen LogP contribution < -0.4 is 4.90 Å². The third-order valence-electron chi connectivity index (χ3n) is 4.65. The lowest BCUT2D eigenvalue weighted by molar-refractivity contribution is 0.592. The molecule has 0 atom stereocenters. The maximum absolute atomic E-state index is 14.5. The predicted molar refractivity (Wildman–Crippen MR) is 108 cm³/mol. The summed E-state index contributed by atoms with van der Waals surface area (Å²) in [6.07, 6.45) is 4.61. The van der Waals surface area contributed by atoms with Crippen LogP contribution in [0.1, 0.15) is 11.1 Å². The van der Waals surface area contributed by atoms with Crippen molar-refractivity contribution in [1.29, 1.82) is 0 Å². The highest BCUT2D eigenvalue weighted by Gasteiger charge is 2.27. The van der Waals surface area contributed by atoms with Gasteiger partial charge in [-0.15, -0.1) is 0 Å². The first-order valence-corrected chi connectivity index (χ1v) is 10.7. The first-order chi connectivity index (χ1) is 13.8. The zero-order valence-electron chi connectivity index (χ0n) is 15.7. The van der Waals surface area contributed by atoms with Crippen molar-refractivity contribution in [1.82, 2.24) is 9.97 Å². The number of aromatic nitrogens is 2. The summed E-state index contributed by atoms with van der Waals surface area (Å²) in [5.74, 6) is -0.569. The number of hydrogen-bond donors (Lipinski definition) is 0. The van der Waals surface area contributed by atoms with E-state index in [2.05, 4.69) is 9.97 Å². The highest BCUT2D eigenvalue weighted by atomic mass is 32.2. The van der Waals surface area contributed by atoms with Gasteiger partial charge in [0.25, 0.3) is 0 Å². The minimum absolute atomic E-state index is 0.276. The number of anilines is 2. The number of hydrogen-bond acceptors (Lipinski definition) is 5. The lowest BCUT2D eigenvalue weighted by atomic mass is 9.99. The predicted octanol–water partition coefficient (Wildman–Crippen LogP) is 4.30. The van der Waals surface area contributed by atoms with Crippen molar-refractivity contribution in [2.45, 2.75) is 12.1 Å². The van der Waals surface area contributed by atoms with Crippen LogP contribution in [0.15, 0.2) is 53.7 Å². The molecule has 1 aliphatic rings.